The van der Waals surface area contributed by atoms with Crippen molar-refractivity contribution in [2.24, 2.45) is 0 Å². The number of sulfonamides is 1. The minimum absolute atomic E-state index is 0.0941. The number of rotatable bonds is 4. The van der Waals surface area contributed by atoms with Crippen molar-refractivity contribution in [3.8, 4) is 0 Å². The van der Waals surface area contributed by atoms with E-state index >= 15 is 0 Å². The largest absolute Gasteiger partial charge is 0.347 e. The lowest BCUT2D eigenvalue weighted by Gasteiger charge is -2.22. The molecule has 1 heterocycles. The van der Waals surface area contributed by atoms with Crippen molar-refractivity contribution >= 4 is 21.6 Å². The molecule has 1 saturated heterocycles. The zero-order valence-electron chi connectivity index (χ0n) is 12.8. The van der Waals surface area contributed by atoms with Gasteiger partial charge in [-0.25, -0.2) is 17.5 Å². The van der Waals surface area contributed by atoms with Gasteiger partial charge in [-0.15, -0.1) is 0 Å². The smallest absolute Gasteiger partial charge is 0.242 e. The van der Waals surface area contributed by atoms with E-state index in [1.54, 1.807) is 0 Å². The molecule has 1 aromatic carbocycles. The molecule has 0 unspecified atom stereocenters. The third-order valence-corrected chi connectivity index (χ3v) is 6.17. The molecule has 23 heavy (non-hydrogen) atoms. The molecule has 0 amide bonds. The van der Waals surface area contributed by atoms with Crippen molar-refractivity contribution in [1.82, 2.24) is 4.72 Å². The molecule has 128 valence electrons. The first kappa shape index (κ1) is 17.1. The Morgan fingerprint density at radius 2 is 2.09 bits per heavy atom. The Labute approximate surface area is 140 Å². The summed E-state index contributed by atoms with van der Waals surface area (Å²) >= 11 is 5.86. The molecule has 0 bridgehead atoms. The number of hydrogen-bond acceptors (Lipinski definition) is 4. The van der Waals surface area contributed by atoms with Crippen LogP contribution in [0.5, 0.6) is 0 Å². The Balaban J connectivity index is 1.67. The van der Waals surface area contributed by atoms with Crippen LogP contribution in [-0.4, -0.2) is 33.5 Å². The molecule has 8 heteroatoms. The lowest BCUT2D eigenvalue weighted by Crippen LogP contribution is -2.35. The lowest BCUT2D eigenvalue weighted by molar-refractivity contribution is -0.160. The molecule has 0 radical (unpaired) electrons. The van der Waals surface area contributed by atoms with Crippen LogP contribution in [0.1, 0.15) is 31.2 Å². The Kier molecular flexibility index (Phi) is 4.68. The van der Waals surface area contributed by atoms with Crippen LogP contribution in [0.15, 0.2) is 17.0 Å². The Morgan fingerprint density at radius 3 is 2.78 bits per heavy atom. The zero-order valence-corrected chi connectivity index (χ0v) is 14.3. The summed E-state index contributed by atoms with van der Waals surface area (Å²) in [5.74, 6) is -1.06. The fraction of sp³-hybridized carbons (Fsp3) is 0.600. The summed E-state index contributed by atoms with van der Waals surface area (Å²) in [5, 5.41) is -0.142. The van der Waals surface area contributed by atoms with Crippen molar-refractivity contribution in [2.75, 3.05) is 13.2 Å². The van der Waals surface area contributed by atoms with Crippen LogP contribution in [0.3, 0.4) is 0 Å². The van der Waals surface area contributed by atoms with Crippen LogP contribution in [0.2, 0.25) is 5.02 Å². The summed E-state index contributed by atoms with van der Waals surface area (Å²) in [6.45, 7) is 1.94. The van der Waals surface area contributed by atoms with Gasteiger partial charge in [-0.05, 0) is 37.5 Å². The van der Waals surface area contributed by atoms with E-state index in [1.165, 1.54) is 13.0 Å². The first-order valence-electron chi connectivity index (χ1n) is 7.58. The molecular formula is C15H19ClFNO4S. The standard InChI is InChI=1S/C15H19ClFNO4S/c1-10-6-14(12(16)7-13(10)17)23(19,20)18-8-11-9-21-15(22-11)4-2-3-5-15/h6-7,11,18H,2-5,8-9H2,1H3/t11-/m0/s1. The van der Waals surface area contributed by atoms with Crippen LogP contribution in [0, 0.1) is 12.7 Å². The molecule has 5 nitrogen and oxygen atoms in total. The quantitative estimate of drug-likeness (QED) is 0.893. The number of ether oxygens (including phenoxy) is 2. The van der Waals surface area contributed by atoms with E-state index in [0.29, 0.717) is 6.61 Å². The van der Waals surface area contributed by atoms with Gasteiger partial charge in [-0.2, -0.15) is 0 Å². The van der Waals surface area contributed by atoms with E-state index in [4.69, 9.17) is 21.1 Å². The maximum Gasteiger partial charge on any atom is 0.242 e. The first-order valence-corrected chi connectivity index (χ1v) is 9.45. The van der Waals surface area contributed by atoms with Crippen molar-refractivity contribution in [1.29, 1.82) is 0 Å². The molecular weight excluding hydrogens is 345 g/mol. The third-order valence-electron chi connectivity index (χ3n) is 4.28. The highest BCUT2D eigenvalue weighted by atomic mass is 35.5. The molecule has 1 aromatic rings. The average molecular weight is 364 g/mol. The summed E-state index contributed by atoms with van der Waals surface area (Å²) in [7, 11) is -3.84. The summed E-state index contributed by atoms with van der Waals surface area (Å²) < 4.78 is 52.2. The van der Waals surface area contributed by atoms with Crippen molar-refractivity contribution in [3.63, 3.8) is 0 Å². The maximum absolute atomic E-state index is 13.4. The number of halogens is 2. The van der Waals surface area contributed by atoms with E-state index in [0.717, 1.165) is 31.7 Å². The van der Waals surface area contributed by atoms with Gasteiger partial charge in [0.25, 0.3) is 0 Å². The Hall–Kier alpha value is -0.730. The molecule has 1 spiro atoms. The fourth-order valence-electron chi connectivity index (χ4n) is 3.01. The van der Waals surface area contributed by atoms with Gasteiger partial charge in [0, 0.05) is 19.4 Å². The highest BCUT2D eigenvalue weighted by molar-refractivity contribution is 7.89. The summed E-state index contributed by atoms with van der Waals surface area (Å²) in [6.07, 6.45) is 3.48. The van der Waals surface area contributed by atoms with Crippen LogP contribution in [0.4, 0.5) is 4.39 Å². The van der Waals surface area contributed by atoms with Gasteiger partial charge in [-0.3, -0.25) is 0 Å². The number of hydrogen-bond donors (Lipinski definition) is 1. The number of nitrogens with one attached hydrogen (secondary N) is 1. The normalized spacial score (nSPS) is 23.7. The molecule has 1 saturated carbocycles. The summed E-state index contributed by atoms with van der Waals surface area (Å²) in [6, 6.07) is 2.23. The lowest BCUT2D eigenvalue weighted by atomic mass is 10.2. The van der Waals surface area contributed by atoms with Gasteiger partial charge in [0.15, 0.2) is 5.79 Å². The number of aryl methyl sites for hydroxylation is 1. The molecule has 2 fully saturated rings. The third kappa shape index (κ3) is 3.53. The van der Waals surface area contributed by atoms with Gasteiger partial charge in [0.1, 0.15) is 10.7 Å². The molecule has 1 aliphatic carbocycles. The minimum Gasteiger partial charge on any atom is -0.347 e. The van der Waals surface area contributed by atoms with Crippen LogP contribution in [-0.2, 0) is 19.5 Å². The second-order valence-corrected chi connectivity index (χ2v) is 8.19. The van der Waals surface area contributed by atoms with Crippen molar-refractivity contribution in [3.05, 3.63) is 28.5 Å². The highest BCUT2D eigenvalue weighted by Crippen LogP contribution is 2.39. The summed E-state index contributed by atoms with van der Waals surface area (Å²) in [4.78, 5) is -0.132. The van der Waals surface area contributed by atoms with E-state index in [-0.39, 0.29) is 28.1 Å². The number of benzene rings is 1. The topological polar surface area (TPSA) is 64.6 Å². The molecule has 0 aromatic heterocycles. The highest BCUT2D eigenvalue weighted by Gasteiger charge is 2.43. The summed E-state index contributed by atoms with van der Waals surface area (Å²) in [5.41, 5.74) is 0.222. The Morgan fingerprint density at radius 1 is 1.39 bits per heavy atom. The predicted octanol–water partition coefficient (Wildman–Crippen LogP) is 2.75. The second-order valence-electron chi connectivity index (χ2n) is 6.05. The predicted molar refractivity (Wildman–Crippen MR) is 83.4 cm³/mol. The zero-order chi connectivity index (χ0) is 16.7. The molecule has 3 rings (SSSR count). The molecule has 1 N–H and O–H groups in total. The molecule has 2 aliphatic rings. The van der Waals surface area contributed by atoms with Gasteiger partial charge in [-0.1, -0.05) is 11.6 Å². The SMILES string of the molecule is Cc1cc(S(=O)(=O)NC[C@H]2COC3(CCCC3)O2)c(Cl)cc1F. The average Bonchev–Trinajstić information content (AvgIpc) is 3.11. The monoisotopic (exact) mass is 363 g/mol. The van der Waals surface area contributed by atoms with Crippen molar-refractivity contribution < 1.29 is 22.3 Å². The molecule has 1 aliphatic heterocycles. The Bertz CT molecular complexity index is 704. The van der Waals surface area contributed by atoms with Gasteiger partial charge in [0.2, 0.25) is 10.0 Å². The fourth-order valence-corrected chi connectivity index (χ4v) is 4.67. The van der Waals surface area contributed by atoms with Crippen LogP contribution < -0.4 is 4.72 Å². The van der Waals surface area contributed by atoms with Gasteiger partial charge >= 0.3 is 0 Å². The van der Waals surface area contributed by atoms with E-state index in [2.05, 4.69) is 4.72 Å². The first-order chi connectivity index (χ1) is 10.8. The second kappa shape index (κ2) is 6.29. The molecule has 1 atom stereocenters. The van der Waals surface area contributed by atoms with E-state index < -0.39 is 21.6 Å². The van der Waals surface area contributed by atoms with Gasteiger partial charge in [0.05, 0.1) is 17.7 Å². The van der Waals surface area contributed by atoms with Crippen molar-refractivity contribution in [2.45, 2.75) is 49.4 Å². The van der Waals surface area contributed by atoms with Crippen LogP contribution >= 0.6 is 11.6 Å². The maximum atomic E-state index is 13.4. The van der Waals surface area contributed by atoms with Gasteiger partial charge < -0.3 is 9.47 Å². The van der Waals surface area contributed by atoms with E-state index in [1.807, 2.05) is 0 Å². The minimum atomic E-state index is -3.84. The van der Waals surface area contributed by atoms with Crippen LogP contribution in [0.25, 0.3) is 0 Å². The van der Waals surface area contributed by atoms with E-state index in [9.17, 15) is 12.8 Å².